The van der Waals surface area contributed by atoms with Crippen molar-refractivity contribution in [3.8, 4) is 5.75 Å². The second kappa shape index (κ2) is 6.40. The quantitative estimate of drug-likeness (QED) is 0.766. The fraction of sp³-hybridized carbons (Fsp3) is 0.625. The van der Waals surface area contributed by atoms with E-state index in [1.807, 2.05) is 26.0 Å². The van der Waals surface area contributed by atoms with Gasteiger partial charge in [-0.3, -0.25) is 0 Å². The molecule has 2 atom stereocenters. The molecule has 108 valence electrons. The minimum absolute atomic E-state index is 0.0234. The van der Waals surface area contributed by atoms with E-state index in [1.54, 1.807) is 6.07 Å². The molecule has 0 saturated carbocycles. The molecule has 3 heteroatoms. The number of aliphatic hydroxyl groups is 1. The summed E-state index contributed by atoms with van der Waals surface area (Å²) in [6, 6.07) is 5.70. The molecule has 0 saturated heterocycles. The Morgan fingerprint density at radius 3 is 2.42 bits per heavy atom. The lowest BCUT2D eigenvalue weighted by molar-refractivity contribution is 0.117. The summed E-state index contributed by atoms with van der Waals surface area (Å²) in [6.45, 7) is 10.8. The second-order valence-electron chi connectivity index (χ2n) is 6.61. The van der Waals surface area contributed by atoms with Crippen molar-refractivity contribution in [2.75, 3.05) is 6.54 Å². The number of aromatic hydroxyl groups is 1. The fourth-order valence-corrected chi connectivity index (χ4v) is 2.22. The number of phenols is 1. The number of rotatable bonds is 5. The Labute approximate surface area is 116 Å². The number of phenolic OH excluding ortho intramolecular Hbond substituents is 1. The molecule has 0 heterocycles. The van der Waals surface area contributed by atoms with Crippen molar-refractivity contribution in [1.82, 2.24) is 5.32 Å². The van der Waals surface area contributed by atoms with Gasteiger partial charge in [0.15, 0.2) is 0 Å². The fourth-order valence-electron chi connectivity index (χ4n) is 2.22. The number of hydrogen-bond acceptors (Lipinski definition) is 3. The third-order valence-corrected chi connectivity index (χ3v) is 3.16. The third kappa shape index (κ3) is 5.62. The van der Waals surface area contributed by atoms with E-state index in [-0.39, 0.29) is 17.6 Å². The summed E-state index contributed by atoms with van der Waals surface area (Å²) in [5.74, 6) is 0.310. The highest BCUT2D eigenvalue weighted by molar-refractivity contribution is 5.37. The summed E-state index contributed by atoms with van der Waals surface area (Å²) in [7, 11) is 0. The molecule has 2 unspecified atom stereocenters. The molecule has 0 aliphatic heterocycles. The van der Waals surface area contributed by atoms with Crippen LogP contribution in [0.1, 0.15) is 51.3 Å². The van der Waals surface area contributed by atoms with Crippen LogP contribution in [0.4, 0.5) is 0 Å². The van der Waals surface area contributed by atoms with E-state index in [4.69, 9.17) is 0 Å². The van der Waals surface area contributed by atoms with Gasteiger partial charge in [0.05, 0.1) is 6.10 Å². The van der Waals surface area contributed by atoms with Crippen LogP contribution in [0.15, 0.2) is 18.2 Å². The molecule has 19 heavy (non-hydrogen) atoms. The maximum Gasteiger partial charge on any atom is 0.120 e. The summed E-state index contributed by atoms with van der Waals surface area (Å²) in [4.78, 5) is 0. The average molecular weight is 265 g/mol. The molecule has 0 aromatic heterocycles. The lowest BCUT2D eigenvalue weighted by Crippen LogP contribution is -2.31. The van der Waals surface area contributed by atoms with Gasteiger partial charge in [0, 0.05) is 18.2 Å². The van der Waals surface area contributed by atoms with E-state index in [0.717, 1.165) is 17.5 Å². The van der Waals surface area contributed by atoms with E-state index >= 15 is 0 Å². The first-order valence-corrected chi connectivity index (χ1v) is 6.90. The average Bonchev–Trinajstić information content (AvgIpc) is 2.23. The van der Waals surface area contributed by atoms with Crippen LogP contribution in [0.2, 0.25) is 0 Å². The summed E-state index contributed by atoms with van der Waals surface area (Å²) in [6.07, 6.45) is 0.391. The summed E-state index contributed by atoms with van der Waals surface area (Å²) in [5, 5.41) is 23.2. The van der Waals surface area contributed by atoms with Crippen molar-refractivity contribution >= 4 is 0 Å². The molecule has 1 rings (SSSR count). The molecule has 0 spiro atoms. The zero-order valence-electron chi connectivity index (χ0n) is 12.7. The molecule has 0 bridgehead atoms. The Balaban J connectivity index is 2.53. The predicted octanol–water partition coefficient (Wildman–Crippen LogP) is 3.15. The number of aryl methyl sites for hydroxylation is 1. The molecule has 0 radical (unpaired) electrons. The Kier molecular flexibility index (Phi) is 5.39. The minimum atomic E-state index is -0.366. The van der Waals surface area contributed by atoms with Crippen molar-refractivity contribution in [3.63, 3.8) is 0 Å². The van der Waals surface area contributed by atoms with Crippen molar-refractivity contribution in [2.24, 2.45) is 5.41 Å². The first kappa shape index (κ1) is 16.0. The predicted molar refractivity (Wildman–Crippen MR) is 79.3 cm³/mol. The van der Waals surface area contributed by atoms with E-state index in [9.17, 15) is 10.2 Å². The molecule has 3 N–H and O–H groups in total. The van der Waals surface area contributed by atoms with Gasteiger partial charge < -0.3 is 15.5 Å². The summed E-state index contributed by atoms with van der Waals surface area (Å²) in [5.41, 5.74) is 2.03. The normalized spacial score (nSPS) is 15.3. The SMILES string of the molecule is Cc1ccc(C(C)NCC(O)CC(C)(C)C)c(O)c1. The van der Waals surface area contributed by atoms with Crippen LogP contribution in [0.5, 0.6) is 5.75 Å². The van der Waals surface area contributed by atoms with Crippen LogP contribution in [0.3, 0.4) is 0 Å². The molecular formula is C16H27NO2. The van der Waals surface area contributed by atoms with Gasteiger partial charge in [-0.2, -0.15) is 0 Å². The Bertz CT molecular complexity index is 410. The van der Waals surface area contributed by atoms with Crippen LogP contribution < -0.4 is 5.32 Å². The van der Waals surface area contributed by atoms with Crippen LogP contribution in [0.25, 0.3) is 0 Å². The first-order chi connectivity index (χ1) is 8.69. The lowest BCUT2D eigenvalue weighted by atomic mass is 9.89. The van der Waals surface area contributed by atoms with E-state index in [2.05, 4.69) is 26.1 Å². The maximum absolute atomic E-state index is 9.97. The zero-order valence-corrected chi connectivity index (χ0v) is 12.7. The van der Waals surface area contributed by atoms with Crippen LogP contribution in [0, 0.1) is 12.3 Å². The van der Waals surface area contributed by atoms with Gasteiger partial charge in [0.25, 0.3) is 0 Å². The maximum atomic E-state index is 9.97. The van der Waals surface area contributed by atoms with Gasteiger partial charge in [-0.05, 0) is 37.3 Å². The largest absolute Gasteiger partial charge is 0.508 e. The van der Waals surface area contributed by atoms with Crippen molar-refractivity contribution in [3.05, 3.63) is 29.3 Å². The van der Waals surface area contributed by atoms with Gasteiger partial charge in [-0.15, -0.1) is 0 Å². The molecule has 3 nitrogen and oxygen atoms in total. The molecule has 1 aromatic rings. The lowest BCUT2D eigenvalue weighted by Gasteiger charge is -2.24. The van der Waals surface area contributed by atoms with Crippen molar-refractivity contribution in [2.45, 2.75) is 53.2 Å². The van der Waals surface area contributed by atoms with Gasteiger partial charge in [-0.1, -0.05) is 32.9 Å². The highest BCUT2D eigenvalue weighted by Crippen LogP contribution is 2.25. The highest BCUT2D eigenvalue weighted by atomic mass is 16.3. The Morgan fingerprint density at radius 2 is 1.89 bits per heavy atom. The number of hydrogen-bond donors (Lipinski definition) is 3. The van der Waals surface area contributed by atoms with E-state index in [0.29, 0.717) is 12.3 Å². The number of nitrogens with one attached hydrogen (secondary N) is 1. The van der Waals surface area contributed by atoms with Gasteiger partial charge >= 0.3 is 0 Å². The monoisotopic (exact) mass is 265 g/mol. The second-order valence-corrected chi connectivity index (χ2v) is 6.61. The number of benzene rings is 1. The van der Waals surface area contributed by atoms with Crippen LogP contribution in [-0.4, -0.2) is 22.9 Å². The van der Waals surface area contributed by atoms with Gasteiger partial charge in [0.2, 0.25) is 0 Å². The first-order valence-electron chi connectivity index (χ1n) is 6.90. The topological polar surface area (TPSA) is 52.5 Å². The Hall–Kier alpha value is -1.06. The molecule has 0 aliphatic rings. The smallest absolute Gasteiger partial charge is 0.120 e. The summed E-state index contributed by atoms with van der Waals surface area (Å²) >= 11 is 0. The molecule has 0 aliphatic carbocycles. The molecule has 1 aromatic carbocycles. The highest BCUT2D eigenvalue weighted by Gasteiger charge is 2.18. The van der Waals surface area contributed by atoms with E-state index in [1.165, 1.54) is 0 Å². The Morgan fingerprint density at radius 1 is 1.26 bits per heavy atom. The molecular weight excluding hydrogens is 238 g/mol. The standard InChI is InChI=1S/C16H27NO2/c1-11-6-7-14(15(19)8-11)12(2)17-10-13(18)9-16(3,4)5/h6-8,12-13,17-19H,9-10H2,1-5H3. The minimum Gasteiger partial charge on any atom is -0.508 e. The summed E-state index contributed by atoms with van der Waals surface area (Å²) < 4.78 is 0. The third-order valence-electron chi connectivity index (χ3n) is 3.16. The molecule has 0 amide bonds. The van der Waals surface area contributed by atoms with Crippen LogP contribution in [-0.2, 0) is 0 Å². The van der Waals surface area contributed by atoms with Gasteiger partial charge in [-0.25, -0.2) is 0 Å². The molecule has 0 fully saturated rings. The van der Waals surface area contributed by atoms with Crippen molar-refractivity contribution in [1.29, 1.82) is 0 Å². The van der Waals surface area contributed by atoms with E-state index < -0.39 is 0 Å². The number of aliphatic hydroxyl groups excluding tert-OH is 1. The zero-order chi connectivity index (χ0) is 14.6. The van der Waals surface area contributed by atoms with Crippen molar-refractivity contribution < 1.29 is 10.2 Å². The van der Waals surface area contributed by atoms with Gasteiger partial charge in [0.1, 0.15) is 5.75 Å². The van der Waals surface area contributed by atoms with Crippen LogP contribution >= 0.6 is 0 Å².